The second-order valence-corrected chi connectivity index (χ2v) is 3.36. The van der Waals surface area contributed by atoms with Crippen molar-refractivity contribution in [2.24, 2.45) is 0 Å². The number of carbonyl (C=O) groups is 1. The third-order valence-electron chi connectivity index (χ3n) is 1.78. The molecule has 0 aromatic carbocycles. The fourth-order valence-electron chi connectivity index (χ4n) is 0.939. The Bertz CT molecular complexity index is 149. The number of hydrogen-bond acceptors (Lipinski definition) is 3. The minimum atomic E-state index is -0.333. The molecule has 78 valence electrons. The van der Waals surface area contributed by atoms with E-state index in [2.05, 4.69) is 5.32 Å². The quantitative estimate of drug-likeness (QED) is 0.608. The second-order valence-electron chi connectivity index (χ2n) is 3.36. The number of hydrogen-bond donors (Lipinski definition) is 2. The zero-order valence-electron chi connectivity index (χ0n) is 8.71. The average molecular weight is 188 g/mol. The maximum atomic E-state index is 11.1. The topological polar surface area (TPSA) is 52.6 Å². The summed E-state index contributed by atoms with van der Waals surface area (Å²) >= 11 is 0. The van der Waals surface area contributed by atoms with Crippen LogP contribution in [-0.2, 0) is 4.79 Å². The van der Waals surface area contributed by atoms with Gasteiger partial charge in [0.1, 0.15) is 0 Å². The molecule has 0 aromatic rings. The largest absolute Gasteiger partial charge is 0.392 e. The van der Waals surface area contributed by atoms with Crippen LogP contribution in [0.15, 0.2) is 0 Å². The van der Waals surface area contributed by atoms with E-state index in [9.17, 15) is 9.90 Å². The van der Waals surface area contributed by atoms with Gasteiger partial charge in [0.05, 0.1) is 12.6 Å². The number of amides is 1. The van der Waals surface area contributed by atoms with E-state index >= 15 is 0 Å². The summed E-state index contributed by atoms with van der Waals surface area (Å²) in [7, 11) is 3.43. The van der Waals surface area contributed by atoms with Gasteiger partial charge in [-0.25, -0.2) is 0 Å². The Morgan fingerprint density at radius 3 is 2.62 bits per heavy atom. The lowest BCUT2D eigenvalue weighted by atomic mass is 10.2. The first-order chi connectivity index (χ1) is 6.07. The SMILES string of the molecule is CCCC(O)CNCC(=O)N(C)C. The van der Waals surface area contributed by atoms with Crippen molar-refractivity contribution in [3.63, 3.8) is 0 Å². The van der Waals surface area contributed by atoms with Gasteiger partial charge < -0.3 is 15.3 Å². The molecule has 0 rings (SSSR count). The highest BCUT2D eigenvalue weighted by Gasteiger charge is 2.05. The maximum absolute atomic E-state index is 11.1. The minimum absolute atomic E-state index is 0.0312. The van der Waals surface area contributed by atoms with Crippen molar-refractivity contribution in [2.75, 3.05) is 27.2 Å². The van der Waals surface area contributed by atoms with Crippen molar-refractivity contribution in [2.45, 2.75) is 25.9 Å². The number of aliphatic hydroxyl groups excluding tert-OH is 1. The van der Waals surface area contributed by atoms with Gasteiger partial charge in [0.15, 0.2) is 0 Å². The summed E-state index contributed by atoms with van der Waals surface area (Å²) in [5, 5.41) is 12.2. The van der Waals surface area contributed by atoms with Crippen molar-refractivity contribution in [3.05, 3.63) is 0 Å². The summed E-state index contributed by atoms with van der Waals surface area (Å²) < 4.78 is 0. The van der Waals surface area contributed by atoms with E-state index in [4.69, 9.17) is 0 Å². The third kappa shape index (κ3) is 6.54. The van der Waals surface area contributed by atoms with Crippen molar-refractivity contribution in [3.8, 4) is 0 Å². The van der Waals surface area contributed by atoms with Gasteiger partial charge in [0.2, 0.25) is 5.91 Å². The van der Waals surface area contributed by atoms with Crippen molar-refractivity contribution >= 4 is 5.91 Å². The van der Waals surface area contributed by atoms with Crippen LogP contribution in [-0.4, -0.2) is 49.2 Å². The molecule has 0 saturated carbocycles. The number of nitrogens with one attached hydrogen (secondary N) is 1. The Kier molecular flexibility index (Phi) is 6.54. The molecule has 0 heterocycles. The van der Waals surface area contributed by atoms with Gasteiger partial charge in [-0.1, -0.05) is 13.3 Å². The smallest absolute Gasteiger partial charge is 0.236 e. The normalized spacial score (nSPS) is 12.6. The van der Waals surface area contributed by atoms with Crippen LogP contribution >= 0.6 is 0 Å². The second kappa shape index (κ2) is 6.86. The van der Waals surface area contributed by atoms with Crippen LogP contribution in [0.1, 0.15) is 19.8 Å². The lowest BCUT2D eigenvalue weighted by Crippen LogP contribution is -2.36. The molecule has 13 heavy (non-hydrogen) atoms. The van der Waals surface area contributed by atoms with Gasteiger partial charge >= 0.3 is 0 Å². The van der Waals surface area contributed by atoms with Crippen LogP contribution in [0.25, 0.3) is 0 Å². The molecule has 0 aliphatic carbocycles. The summed E-state index contributed by atoms with van der Waals surface area (Å²) in [4.78, 5) is 12.6. The molecule has 2 N–H and O–H groups in total. The van der Waals surface area contributed by atoms with Crippen molar-refractivity contribution in [1.82, 2.24) is 10.2 Å². The first kappa shape index (κ1) is 12.4. The fraction of sp³-hybridized carbons (Fsp3) is 0.889. The standard InChI is InChI=1S/C9H20N2O2/c1-4-5-8(12)6-10-7-9(13)11(2)3/h8,10,12H,4-7H2,1-3H3. The predicted molar refractivity (Wildman–Crippen MR) is 52.5 cm³/mol. The molecule has 1 unspecified atom stereocenters. The third-order valence-corrected chi connectivity index (χ3v) is 1.78. The molecular weight excluding hydrogens is 168 g/mol. The molecule has 1 atom stereocenters. The van der Waals surface area contributed by atoms with Gasteiger partial charge in [-0.3, -0.25) is 4.79 Å². The number of nitrogens with zero attached hydrogens (tertiary/aromatic N) is 1. The van der Waals surface area contributed by atoms with E-state index in [0.717, 1.165) is 12.8 Å². The molecule has 0 fully saturated rings. The number of carbonyl (C=O) groups excluding carboxylic acids is 1. The molecule has 0 aliphatic heterocycles. The van der Waals surface area contributed by atoms with Crippen LogP contribution in [0.2, 0.25) is 0 Å². The zero-order chi connectivity index (χ0) is 10.3. The Morgan fingerprint density at radius 2 is 2.15 bits per heavy atom. The Hall–Kier alpha value is -0.610. The molecule has 4 heteroatoms. The van der Waals surface area contributed by atoms with E-state index < -0.39 is 0 Å². The molecule has 0 bridgehead atoms. The zero-order valence-corrected chi connectivity index (χ0v) is 8.71. The highest BCUT2D eigenvalue weighted by Crippen LogP contribution is 1.93. The van der Waals surface area contributed by atoms with Gasteiger partial charge in [-0.15, -0.1) is 0 Å². The minimum Gasteiger partial charge on any atom is -0.392 e. The van der Waals surface area contributed by atoms with Gasteiger partial charge in [0, 0.05) is 20.6 Å². The maximum Gasteiger partial charge on any atom is 0.236 e. The first-order valence-electron chi connectivity index (χ1n) is 4.66. The summed E-state index contributed by atoms with van der Waals surface area (Å²) in [6, 6.07) is 0. The van der Waals surface area contributed by atoms with Crippen LogP contribution in [0.4, 0.5) is 0 Å². The van der Waals surface area contributed by atoms with E-state index in [0.29, 0.717) is 13.1 Å². The summed E-state index contributed by atoms with van der Waals surface area (Å²) in [5.41, 5.74) is 0. The molecule has 0 saturated heterocycles. The predicted octanol–water partition coefficient (Wildman–Crippen LogP) is -0.175. The van der Waals surface area contributed by atoms with E-state index in [1.807, 2.05) is 6.92 Å². The van der Waals surface area contributed by atoms with Gasteiger partial charge in [-0.05, 0) is 6.42 Å². The molecule has 0 aliphatic rings. The molecule has 4 nitrogen and oxygen atoms in total. The molecule has 0 spiro atoms. The highest BCUT2D eigenvalue weighted by atomic mass is 16.3. The van der Waals surface area contributed by atoms with Crippen LogP contribution in [0.3, 0.4) is 0 Å². The number of aliphatic hydroxyl groups is 1. The average Bonchev–Trinajstić information content (AvgIpc) is 2.04. The van der Waals surface area contributed by atoms with Gasteiger partial charge in [-0.2, -0.15) is 0 Å². The van der Waals surface area contributed by atoms with Crippen LogP contribution in [0.5, 0.6) is 0 Å². The van der Waals surface area contributed by atoms with E-state index in [1.54, 1.807) is 14.1 Å². The van der Waals surface area contributed by atoms with E-state index in [1.165, 1.54) is 4.90 Å². The van der Waals surface area contributed by atoms with E-state index in [-0.39, 0.29) is 12.0 Å². The molecular formula is C9H20N2O2. The lowest BCUT2D eigenvalue weighted by molar-refractivity contribution is -0.127. The summed E-state index contributed by atoms with van der Waals surface area (Å²) in [6.45, 7) is 2.81. The van der Waals surface area contributed by atoms with Crippen molar-refractivity contribution < 1.29 is 9.90 Å². The monoisotopic (exact) mass is 188 g/mol. The van der Waals surface area contributed by atoms with Gasteiger partial charge in [0.25, 0.3) is 0 Å². The van der Waals surface area contributed by atoms with Crippen LogP contribution < -0.4 is 5.32 Å². The lowest BCUT2D eigenvalue weighted by Gasteiger charge is -2.13. The molecule has 0 aromatic heterocycles. The number of likely N-dealkylation sites (N-methyl/N-ethyl adjacent to an activating group) is 1. The highest BCUT2D eigenvalue weighted by molar-refractivity contribution is 5.77. The number of rotatable bonds is 6. The Balaban J connectivity index is 3.39. The fourth-order valence-corrected chi connectivity index (χ4v) is 0.939. The molecule has 0 radical (unpaired) electrons. The van der Waals surface area contributed by atoms with Crippen LogP contribution in [0, 0.1) is 0 Å². The van der Waals surface area contributed by atoms with Crippen molar-refractivity contribution in [1.29, 1.82) is 0 Å². The summed E-state index contributed by atoms with van der Waals surface area (Å²) in [6.07, 6.45) is 1.41. The Labute approximate surface area is 79.9 Å². The first-order valence-corrected chi connectivity index (χ1v) is 4.66. The molecule has 1 amide bonds. The Morgan fingerprint density at radius 1 is 1.54 bits per heavy atom. The summed E-state index contributed by atoms with van der Waals surface area (Å²) in [5.74, 6) is 0.0312.